The van der Waals surface area contributed by atoms with Crippen molar-refractivity contribution in [1.82, 2.24) is 0 Å². The van der Waals surface area contributed by atoms with Crippen LogP contribution in [0.5, 0.6) is 0 Å². The first-order valence-corrected chi connectivity index (χ1v) is 6.12. The van der Waals surface area contributed by atoms with E-state index in [0.29, 0.717) is 0 Å². The molecule has 0 unspecified atom stereocenters. The van der Waals surface area contributed by atoms with E-state index in [4.69, 9.17) is 18.4 Å². The highest BCUT2D eigenvalue weighted by atomic mass is 32.8. The lowest BCUT2D eigenvalue weighted by Gasteiger charge is -1.90. The first-order valence-electron chi connectivity index (χ1n) is 3.78. The minimum absolute atomic E-state index is 0.454. The molecule has 0 saturated carbocycles. The maximum absolute atomic E-state index is 9.02. The molecule has 12 heavy (non-hydrogen) atoms. The molecule has 74 valence electrons. The van der Waals surface area contributed by atoms with E-state index in [2.05, 4.69) is 6.92 Å². The van der Waals surface area contributed by atoms with E-state index in [-0.39, 0.29) is 0 Å². The molecule has 6 heteroatoms. The number of nitrogens with two attached hydrogens (primary N) is 1. The Morgan fingerprint density at radius 2 is 1.75 bits per heavy atom. The zero-order valence-corrected chi connectivity index (χ0v) is 8.79. The van der Waals surface area contributed by atoms with Crippen LogP contribution in [0.3, 0.4) is 0 Å². The second kappa shape index (κ2) is 13.4. The van der Waals surface area contributed by atoms with E-state index in [9.17, 15) is 0 Å². The molecule has 2 N–H and O–H groups in total. The van der Waals surface area contributed by atoms with Gasteiger partial charge in [-0.3, -0.25) is 0 Å². The summed E-state index contributed by atoms with van der Waals surface area (Å²) in [6.45, 7) is 3.07. The lowest BCUT2D eigenvalue weighted by molar-refractivity contribution is 0.626. The van der Waals surface area contributed by atoms with E-state index >= 15 is 0 Å². The number of rotatable bonds is 4. The molecule has 0 heterocycles. The normalized spacial score (nSPS) is 8.17. The molecule has 0 aromatic carbocycles. The molecule has 0 atom stereocenters. The molecule has 0 radical (unpaired) electrons. The van der Waals surface area contributed by atoms with Crippen LogP contribution in [0.1, 0.15) is 32.6 Å². The van der Waals surface area contributed by atoms with Crippen molar-refractivity contribution in [2.45, 2.75) is 32.6 Å². The summed E-state index contributed by atoms with van der Waals surface area (Å²) in [6, 6.07) is 0. The zero-order valence-electron chi connectivity index (χ0n) is 7.15. The molecule has 0 aromatic heterocycles. The largest absolute Gasteiger partial charge is 0.330 e. The summed E-state index contributed by atoms with van der Waals surface area (Å²) in [5, 5.41) is 0. The molecule has 0 aromatic rings. The van der Waals surface area contributed by atoms with Crippen molar-refractivity contribution >= 4 is 19.5 Å². The van der Waals surface area contributed by atoms with Crippen LogP contribution in [0.25, 0.3) is 0 Å². The van der Waals surface area contributed by atoms with Gasteiger partial charge in [0.2, 0.25) is 10.2 Å². The van der Waals surface area contributed by atoms with Gasteiger partial charge in [-0.2, -0.15) is 12.6 Å². The zero-order chi connectivity index (χ0) is 9.82. The van der Waals surface area contributed by atoms with Gasteiger partial charge in [0.1, 0.15) is 0 Å². The lowest BCUT2D eigenvalue weighted by atomic mass is 10.2. The SMILES string of the molecule is CCCCCCN.O=S=S(=O)=O. The molecule has 4 nitrogen and oxygen atoms in total. The average molecular weight is 213 g/mol. The molecular weight excluding hydrogens is 198 g/mol. The molecule has 0 fully saturated rings. The van der Waals surface area contributed by atoms with Gasteiger partial charge in [-0.05, 0) is 13.0 Å². The summed E-state index contributed by atoms with van der Waals surface area (Å²) in [6.07, 6.45) is 5.16. The van der Waals surface area contributed by atoms with Gasteiger partial charge < -0.3 is 5.73 Å². The van der Waals surface area contributed by atoms with Gasteiger partial charge in [0.05, 0.1) is 0 Å². The summed E-state index contributed by atoms with van der Waals surface area (Å²) in [5.74, 6) is 0. The van der Waals surface area contributed by atoms with Crippen molar-refractivity contribution in [2.24, 2.45) is 5.73 Å². The van der Waals surface area contributed by atoms with Crippen LogP contribution >= 0.6 is 0 Å². The van der Waals surface area contributed by atoms with Gasteiger partial charge in [-0.25, -0.2) is 0 Å². The quantitative estimate of drug-likeness (QED) is 0.691. The van der Waals surface area contributed by atoms with Crippen molar-refractivity contribution in [3.8, 4) is 0 Å². The Kier molecular flexibility index (Phi) is 16.0. The summed E-state index contributed by atoms with van der Waals surface area (Å²) in [7, 11) is -2.92. The molecule has 0 rings (SSSR count). The van der Waals surface area contributed by atoms with Crippen LogP contribution in [-0.4, -0.2) is 19.2 Å². The third-order valence-electron chi connectivity index (χ3n) is 1.11. The van der Waals surface area contributed by atoms with Gasteiger partial charge in [-0.15, -0.1) is 0 Å². The predicted molar refractivity (Wildman–Crippen MR) is 50.3 cm³/mol. The third-order valence-corrected chi connectivity index (χ3v) is 1.56. The molecule has 0 aliphatic rings. The smallest absolute Gasteiger partial charge is 0.311 e. The maximum Gasteiger partial charge on any atom is 0.311 e. The van der Waals surface area contributed by atoms with E-state index in [1.807, 2.05) is 0 Å². The fraction of sp³-hybridized carbons (Fsp3) is 1.00. The van der Waals surface area contributed by atoms with Gasteiger partial charge >= 0.3 is 9.26 Å². The highest BCUT2D eigenvalue weighted by Gasteiger charge is 1.80. The predicted octanol–water partition coefficient (Wildman–Crippen LogP) is 0.519. The molecule has 0 aliphatic carbocycles. The Hall–Kier alpha value is -0.200. The lowest BCUT2D eigenvalue weighted by Crippen LogP contribution is -1.97. The maximum atomic E-state index is 9.02. The van der Waals surface area contributed by atoms with Crippen molar-refractivity contribution in [3.63, 3.8) is 0 Å². The highest BCUT2D eigenvalue weighted by molar-refractivity contribution is 8.17. The topological polar surface area (TPSA) is 77.2 Å². The van der Waals surface area contributed by atoms with Crippen molar-refractivity contribution < 1.29 is 12.6 Å². The van der Waals surface area contributed by atoms with Crippen LogP contribution in [0.2, 0.25) is 0 Å². The Morgan fingerprint density at radius 1 is 1.25 bits per heavy atom. The third kappa shape index (κ3) is 22.6. The second-order valence-electron chi connectivity index (χ2n) is 2.12. The molecule has 0 bridgehead atoms. The number of unbranched alkanes of at least 4 members (excludes halogenated alkanes) is 3. The molecule has 0 saturated heterocycles. The van der Waals surface area contributed by atoms with Crippen molar-refractivity contribution in [1.29, 1.82) is 0 Å². The fourth-order valence-electron chi connectivity index (χ4n) is 0.571. The molecule has 0 spiro atoms. The van der Waals surface area contributed by atoms with E-state index < -0.39 is 19.5 Å². The molecular formula is C6H15NO3S2. The first-order chi connectivity index (χ1) is 5.68. The Morgan fingerprint density at radius 3 is 2.00 bits per heavy atom. The highest BCUT2D eigenvalue weighted by Crippen LogP contribution is 1.95. The van der Waals surface area contributed by atoms with Crippen LogP contribution in [-0.2, 0) is 19.5 Å². The Bertz CT molecular complexity index is 207. The van der Waals surface area contributed by atoms with Gasteiger partial charge in [-0.1, -0.05) is 26.2 Å². The van der Waals surface area contributed by atoms with E-state index in [1.54, 1.807) is 0 Å². The van der Waals surface area contributed by atoms with Gasteiger partial charge in [0.15, 0.2) is 0 Å². The van der Waals surface area contributed by atoms with Gasteiger partial charge in [0, 0.05) is 0 Å². The van der Waals surface area contributed by atoms with E-state index in [1.165, 1.54) is 25.7 Å². The van der Waals surface area contributed by atoms with Gasteiger partial charge in [0.25, 0.3) is 0 Å². The second-order valence-corrected chi connectivity index (χ2v) is 3.89. The molecule has 0 aliphatic heterocycles. The standard InChI is InChI=1S/C6H15N.O3S2/c1-2-3-4-5-6-7;1-4-5(2)3/h2-7H2,1H3;. The Balaban J connectivity index is 0. The molecule has 0 amide bonds. The fourth-order valence-corrected chi connectivity index (χ4v) is 0.571. The summed E-state index contributed by atoms with van der Waals surface area (Å²) >= 11 is 0. The number of hydrogen-bond acceptors (Lipinski definition) is 4. The average Bonchev–Trinajstić information content (AvgIpc) is 2.07. The van der Waals surface area contributed by atoms with Crippen molar-refractivity contribution in [2.75, 3.05) is 6.54 Å². The van der Waals surface area contributed by atoms with Crippen LogP contribution in [0.4, 0.5) is 0 Å². The minimum Gasteiger partial charge on any atom is -0.330 e. The minimum atomic E-state index is -2.46. The first kappa shape index (κ1) is 14.3. The van der Waals surface area contributed by atoms with Crippen LogP contribution < -0.4 is 5.73 Å². The van der Waals surface area contributed by atoms with E-state index in [0.717, 1.165) is 6.54 Å². The summed E-state index contributed by atoms with van der Waals surface area (Å²) in [5.41, 5.74) is 5.27. The van der Waals surface area contributed by atoms with Crippen LogP contribution in [0, 0.1) is 0 Å². The number of hydrogen-bond donors (Lipinski definition) is 1. The monoisotopic (exact) mass is 213 g/mol. The van der Waals surface area contributed by atoms with Crippen LogP contribution in [0.15, 0.2) is 0 Å². The Labute approximate surface area is 77.4 Å². The summed E-state index contributed by atoms with van der Waals surface area (Å²) < 4.78 is 27.0. The van der Waals surface area contributed by atoms with Crippen molar-refractivity contribution in [3.05, 3.63) is 0 Å². The summed E-state index contributed by atoms with van der Waals surface area (Å²) in [4.78, 5) is 0.